The van der Waals surface area contributed by atoms with Crippen LogP contribution in [-0.4, -0.2) is 49.4 Å². The molecular weight excluding hydrogens is 280 g/mol. The third-order valence-electron chi connectivity index (χ3n) is 4.01. The summed E-state index contributed by atoms with van der Waals surface area (Å²) in [4.78, 5) is 13.8. The summed E-state index contributed by atoms with van der Waals surface area (Å²) in [5.41, 5.74) is -0.413. The Bertz CT molecular complexity index is 393. The maximum atomic E-state index is 12.0. The van der Waals surface area contributed by atoms with E-state index in [0.717, 1.165) is 64.2 Å². The molecule has 2 heterocycles. The molecule has 1 fully saturated rings. The number of likely N-dealkylation sites (tertiary alicyclic amines) is 1. The highest BCUT2D eigenvalue weighted by molar-refractivity contribution is 5.68. The summed E-state index contributed by atoms with van der Waals surface area (Å²) < 4.78 is 11.0. The summed E-state index contributed by atoms with van der Waals surface area (Å²) in [6.45, 7) is 9.97. The third-order valence-corrected chi connectivity index (χ3v) is 4.01. The van der Waals surface area contributed by atoms with E-state index in [9.17, 15) is 4.79 Å². The molecule has 5 heteroatoms. The molecule has 0 aromatic heterocycles. The number of hydrogen-bond acceptors (Lipinski definition) is 4. The molecule has 5 nitrogen and oxygen atoms in total. The van der Waals surface area contributed by atoms with Crippen molar-refractivity contribution in [3.63, 3.8) is 0 Å². The van der Waals surface area contributed by atoms with Crippen molar-refractivity contribution in [2.75, 3.05) is 32.8 Å². The number of allylic oxidation sites excluding steroid dienone is 1. The van der Waals surface area contributed by atoms with Crippen LogP contribution in [0.1, 0.15) is 46.5 Å². The van der Waals surface area contributed by atoms with E-state index >= 15 is 0 Å². The van der Waals surface area contributed by atoms with Crippen LogP contribution < -0.4 is 5.32 Å². The molecule has 22 heavy (non-hydrogen) atoms. The highest BCUT2D eigenvalue weighted by Gasteiger charge is 2.26. The molecule has 2 aliphatic rings. The van der Waals surface area contributed by atoms with Gasteiger partial charge in [-0.15, -0.1) is 0 Å². The molecule has 1 amide bonds. The molecule has 126 valence electrons. The van der Waals surface area contributed by atoms with E-state index in [1.54, 1.807) is 0 Å². The van der Waals surface area contributed by atoms with Gasteiger partial charge in [0.05, 0.1) is 13.2 Å². The summed E-state index contributed by atoms with van der Waals surface area (Å²) in [6, 6.07) is 0. The minimum Gasteiger partial charge on any atom is -0.497 e. The van der Waals surface area contributed by atoms with Gasteiger partial charge in [-0.25, -0.2) is 4.79 Å². The van der Waals surface area contributed by atoms with Crippen molar-refractivity contribution in [2.45, 2.75) is 52.1 Å². The fraction of sp³-hybridized carbons (Fsp3) is 0.824. The second-order valence-electron chi connectivity index (χ2n) is 7.20. The molecule has 0 radical (unpaired) electrons. The molecular formula is C17H30N2O3. The Hall–Kier alpha value is -1.23. The first-order chi connectivity index (χ1) is 10.4. The largest absolute Gasteiger partial charge is 0.497 e. The van der Waals surface area contributed by atoms with Gasteiger partial charge < -0.3 is 19.7 Å². The molecule has 0 saturated carbocycles. The van der Waals surface area contributed by atoms with Crippen LogP contribution in [0, 0.1) is 5.92 Å². The second-order valence-corrected chi connectivity index (χ2v) is 7.20. The summed E-state index contributed by atoms with van der Waals surface area (Å²) in [6.07, 6.45) is 6.33. The molecule has 0 aromatic rings. The van der Waals surface area contributed by atoms with Gasteiger partial charge in [-0.2, -0.15) is 0 Å². The zero-order valence-corrected chi connectivity index (χ0v) is 14.2. The van der Waals surface area contributed by atoms with E-state index in [0.29, 0.717) is 5.92 Å². The molecule has 0 spiro atoms. The second kappa shape index (κ2) is 7.86. The Labute approximate surface area is 134 Å². The molecule has 0 aliphatic carbocycles. The molecule has 0 unspecified atom stereocenters. The van der Waals surface area contributed by atoms with Gasteiger partial charge in [0.2, 0.25) is 0 Å². The van der Waals surface area contributed by atoms with Crippen molar-refractivity contribution in [3.8, 4) is 0 Å². The summed E-state index contributed by atoms with van der Waals surface area (Å²) in [5.74, 6) is 1.71. The fourth-order valence-corrected chi connectivity index (χ4v) is 2.78. The van der Waals surface area contributed by atoms with Crippen molar-refractivity contribution in [2.24, 2.45) is 5.92 Å². The van der Waals surface area contributed by atoms with Gasteiger partial charge in [0.15, 0.2) is 0 Å². The SMILES string of the molecule is CC(C)(C)OC(=O)N1CCC(CNCC2=CCCCO2)CC1. The highest BCUT2D eigenvalue weighted by Crippen LogP contribution is 2.19. The maximum absolute atomic E-state index is 12.0. The number of carbonyl (C=O) groups excluding carboxylic acids is 1. The number of amides is 1. The van der Waals surface area contributed by atoms with Gasteiger partial charge in [0.1, 0.15) is 11.4 Å². The molecule has 2 aliphatic heterocycles. The van der Waals surface area contributed by atoms with Crippen molar-refractivity contribution < 1.29 is 14.3 Å². The van der Waals surface area contributed by atoms with E-state index in [1.165, 1.54) is 0 Å². The van der Waals surface area contributed by atoms with Crippen molar-refractivity contribution in [1.29, 1.82) is 0 Å². The summed E-state index contributed by atoms with van der Waals surface area (Å²) in [7, 11) is 0. The zero-order chi connectivity index (χ0) is 16.0. The molecule has 0 atom stereocenters. The number of ether oxygens (including phenoxy) is 2. The number of nitrogens with zero attached hydrogens (tertiary/aromatic N) is 1. The lowest BCUT2D eigenvalue weighted by atomic mass is 9.97. The first-order valence-corrected chi connectivity index (χ1v) is 8.44. The van der Waals surface area contributed by atoms with Gasteiger partial charge in [-0.3, -0.25) is 0 Å². The Morgan fingerprint density at radius 3 is 2.73 bits per heavy atom. The number of nitrogens with one attached hydrogen (secondary N) is 1. The van der Waals surface area contributed by atoms with E-state index in [2.05, 4.69) is 11.4 Å². The minimum atomic E-state index is -0.413. The number of rotatable bonds is 4. The number of hydrogen-bond donors (Lipinski definition) is 1. The van der Waals surface area contributed by atoms with Gasteiger partial charge >= 0.3 is 6.09 Å². The molecule has 1 N–H and O–H groups in total. The van der Waals surface area contributed by atoms with Gasteiger partial charge in [-0.05, 0) is 65.0 Å². The van der Waals surface area contributed by atoms with Crippen LogP contribution in [0.2, 0.25) is 0 Å². The third kappa shape index (κ3) is 5.87. The highest BCUT2D eigenvalue weighted by atomic mass is 16.6. The van der Waals surface area contributed by atoms with Gasteiger partial charge in [-0.1, -0.05) is 0 Å². The first kappa shape index (κ1) is 17.1. The predicted molar refractivity (Wildman–Crippen MR) is 86.7 cm³/mol. The Morgan fingerprint density at radius 1 is 1.41 bits per heavy atom. The van der Waals surface area contributed by atoms with E-state index in [4.69, 9.17) is 9.47 Å². The van der Waals surface area contributed by atoms with E-state index in [1.807, 2.05) is 25.7 Å². The maximum Gasteiger partial charge on any atom is 0.410 e. The van der Waals surface area contributed by atoms with E-state index in [-0.39, 0.29) is 6.09 Å². The van der Waals surface area contributed by atoms with Gasteiger partial charge in [0, 0.05) is 13.1 Å². The number of carbonyl (C=O) groups is 1. The molecule has 1 saturated heterocycles. The summed E-state index contributed by atoms with van der Waals surface area (Å²) >= 11 is 0. The Kier molecular flexibility index (Phi) is 6.12. The van der Waals surface area contributed by atoms with Crippen LogP contribution in [0.4, 0.5) is 4.79 Å². The average molecular weight is 310 g/mol. The van der Waals surface area contributed by atoms with E-state index < -0.39 is 5.60 Å². The van der Waals surface area contributed by atoms with Gasteiger partial charge in [0.25, 0.3) is 0 Å². The number of piperidine rings is 1. The first-order valence-electron chi connectivity index (χ1n) is 8.44. The fourth-order valence-electron chi connectivity index (χ4n) is 2.78. The normalized spacial score (nSPS) is 20.3. The molecule has 0 aromatic carbocycles. The van der Waals surface area contributed by atoms with Crippen LogP contribution >= 0.6 is 0 Å². The topological polar surface area (TPSA) is 50.8 Å². The smallest absolute Gasteiger partial charge is 0.410 e. The lowest BCUT2D eigenvalue weighted by Gasteiger charge is -2.33. The average Bonchev–Trinajstić information content (AvgIpc) is 2.47. The summed E-state index contributed by atoms with van der Waals surface area (Å²) in [5, 5.41) is 3.48. The van der Waals surface area contributed by atoms with Crippen LogP contribution in [0.15, 0.2) is 11.8 Å². The van der Waals surface area contributed by atoms with Crippen LogP contribution in [-0.2, 0) is 9.47 Å². The van der Waals surface area contributed by atoms with Crippen molar-refractivity contribution in [1.82, 2.24) is 10.2 Å². The lowest BCUT2D eigenvalue weighted by Crippen LogP contribution is -2.43. The monoisotopic (exact) mass is 310 g/mol. The van der Waals surface area contributed by atoms with Crippen LogP contribution in [0.5, 0.6) is 0 Å². The van der Waals surface area contributed by atoms with Crippen LogP contribution in [0.25, 0.3) is 0 Å². The molecule has 0 bridgehead atoms. The zero-order valence-electron chi connectivity index (χ0n) is 14.2. The standard InChI is InChI=1S/C17H30N2O3/c1-17(2,3)22-16(20)19-9-7-14(8-10-19)12-18-13-15-6-4-5-11-21-15/h6,14,18H,4-5,7-13H2,1-3H3. The minimum absolute atomic E-state index is 0.181. The van der Waals surface area contributed by atoms with Crippen molar-refractivity contribution in [3.05, 3.63) is 11.8 Å². The van der Waals surface area contributed by atoms with Crippen molar-refractivity contribution >= 4 is 6.09 Å². The Balaban J connectivity index is 1.62. The Morgan fingerprint density at radius 2 is 2.14 bits per heavy atom. The lowest BCUT2D eigenvalue weighted by molar-refractivity contribution is 0.0184. The van der Waals surface area contributed by atoms with Crippen LogP contribution in [0.3, 0.4) is 0 Å². The predicted octanol–water partition coefficient (Wildman–Crippen LogP) is 2.92. The quantitative estimate of drug-likeness (QED) is 0.867. The molecule has 2 rings (SSSR count).